The molecular formula is C18H25N2+. The van der Waals surface area contributed by atoms with E-state index in [0.717, 1.165) is 43.9 Å². The third kappa shape index (κ3) is 2.97. The van der Waals surface area contributed by atoms with Gasteiger partial charge in [0.25, 0.3) is 0 Å². The quantitative estimate of drug-likeness (QED) is 0.408. The van der Waals surface area contributed by atoms with Gasteiger partial charge in [0.1, 0.15) is 24.5 Å². The molecule has 0 aliphatic carbocycles. The number of quaternary nitrogens is 1. The molecule has 2 heteroatoms. The van der Waals surface area contributed by atoms with Crippen molar-refractivity contribution in [2.75, 3.05) is 13.1 Å². The molecule has 1 rings (SSSR count). The highest BCUT2D eigenvalue weighted by Gasteiger charge is 2.42. The van der Waals surface area contributed by atoms with Gasteiger partial charge in [-0.1, -0.05) is 31.4 Å². The zero-order valence-electron chi connectivity index (χ0n) is 12.4. The number of rotatable bonds is 10. The molecule has 1 aliphatic rings. The van der Waals surface area contributed by atoms with E-state index in [2.05, 4.69) is 32.9 Å². The molecule has 0 spiro atoms. The van der Waals surface area contributed by atoms with Gasteiger partial charge in [-0.05, 0) is 12.2 Å². The van der Waals surface area contributed by atoms with Crippen molar-refractivity contribution in [2.45, 2.75) is 19.3 Å². The van der Waals surface area contributed by atoms with E-state index in [0.29, 0.717) is 4.48 Å². The van der Waals surface area contributed by atoms with E-state index in [1.54, 1.807) is 0 Å². The molecule has 0 saturated heterocycles. The van der Waals surface area contributed by atoms with Gasteiger partial charge in [0.15, 0.2) is 0 Å². The minimum Gasteiger partial charge on any atom is -0.241 e. The van der Waals surface area contributed by atoms with Gasteiger partial charge in [0.05, 0.1) is 6.42 Å². The number of hydrogen-bond acceptors (Lipinski definition) is 1. The van der Waals surface area contributed by atoms with Gasteiger partial charge in [-0.25, -0.2) is 4.48 Å². The van der Waals surface area contributed by atoms with Gasteiger partial charge >= 0.3 is 0 Å². The lowest BCUT2D eigenvalue weighted by atomic mass is 10.1. The number of aliphatic imine (C=N–C) groups is 1. The summed E-state index contributed by atoms with van der Waals surface area (Å²) in [5.74, 6) is 1.11. The number of allylic oxidation sites excluding steroid dienone is 2. The number of amidine groups is 1. The molecule has 0 atom stereocenters. The molecule has 0 aromatic carbocycles. The Labute approximate surface area is 123 Å². The molecule has 0 N–H and O–H groups in total. The molecule has 1 aliphatic heterocycles. The molecule has 0 saturated carbocycles. The van der Waals surface area contributed by atoms with Crippen LogP contribution in [0.3, 0.4) is 0 Å². The summed E-state index contributed by atoms with van der Waals surface area (Å²) in [6, 6.07) is 0. The minimum atomic E-state index is 0.689. The Morgan fingerprint density at radius 2 is 1.30 bits per heavy atom. The van der Waals surface area contributed by atoms with Gasteiger partial charge in [0, 0.05) is 12.8 Å². The molecule has 0 aromatic rings. The molecule has 0 radical (unpaired) electrons. The smallest absolute Gasteiger partial charge is 0.212 e. The Hall–Kier alpha value is -1.93. The molecule has 0 fully saturated rings. The Morgan fingerprint density at radius 1 is 0.750 bits per heavy atom. The van der Waals surface area contributed by atoms with Crippen LogP contribution in [-0.2, 0) is 0 Å². The van der Waals surface area contributed by atoms with E-state index < -0.39 is 0 Å². The molecular weight excluding hydrogens is 244 g/mol. The molecule has 0 unspecified atom stereocenters. The molecule has 106 valence electrons. The summed E-state index contributed by atoms with van der Waals surface area (Å²) in [5.41, 5.74) is 2.37. The molecule has 2 nitrogen and oxygen atoms in total. The normalized spacial score (nSPS) is 16.5. The van der Waals surface area contributed by atoms with E-state index in [4.69, 9.17) is 4.99 Å². The maximum Gasteiger partial charge on any atom is 0.212 e. The lowest BCUT2D eigenvalue weighted by Gasteiger charge is -2.34. The summed E-state index contributed by atoms with van der Waals surface area (Å²) >= 11 is 0. The standard InChI is InChI=1S/C18H25N2/c1-6-11-16-17(12-7-2)20(14-9-4,15-10-5)18(19-16)13-8-3/h6-10H,1-5,11-15H2/q+1. The zero-order chi connectivity index (χ0) is 15.0. The van der Waals surface area contributed by atoms with Crippen LogP contribution in [0.4, 0.5) is 0 Å². The van der Waals surface area contributed by atoms with Crippen molar-refractivity contribution in [3.63, 3.8) is 0 Å². The maximum absolute atomic E-state index is 4.84. The predicted molar refractivity (Wildman–Crippen MR) is 89.3 cm³/mol. The largest absolute Gasteiger partial charge is 0.241 e. The fraction of sp³-hybridized carbons (Fsp3) is 0.278. The van der Waals surface area contributed by atoms with Crippen LogP contribution in [0.1, 0.15) is 19.3 Å². The first-order valence-electron chi connectivity index (χ1n) is 6.92. The highest BCUT2D eigenvalue weighted by molar-refractivity contribution is 5.81. The fourth-order valence-corrected chi connectivity index (χ4v) is 2.74. The van der Waals surface area contributed by atoms with Crippen molar-refractivity contribution in [3.8, 4) is 0 Å². The molecule has 0 aromatic heterocycles. The summed E-state index contributed by atoms with van der Waals surface area (Å²) in [5, 5.41) is 0. The molecule has 1 heterocycles. The third-order valence-corrected chi connectivity index (χ3v) is 3.49. The Morgan fingerprint density at radius 3 is 1.75 bits per heavy atom. The summed E-state index contributed by atoms with van der Waals surface area (Å²) in [7, 11) is 0. The van der Waals surface area contributed by atoms with Crippen molar-refractivity contribution in [1.82, 2.24) is 0 Å². The van der Waals surface area contributed by atoms with Crippen LogP contribution in [0.5, 0.6) is 0 Å². The first kappa shape index (κ1) is 16.1. The van der Waals surface area contributed by atoms with Crippen molar-refractivity contribution in [2.24, 2.45) is 4.99 Å². The summed E-state index contributed by atoms with van der Waals surface area (Å²) < 4.78 is 0.689. The topological polar surface area (TPSA) is 12.4 Å². The van der Waals surface area contributed by atoms with Gasteiger partial charge < -0.3 is 0 Å². The second-order valence-electron chi connectivity index (χ2n) is 4.81. The van der Waals surface area contributed by atoms with Crippen molar-refractivity contribution >= 4 is 5.84 Å². The average molecular weight is 269 g/mol. The lowest BCUT2D eigenvalue weighted by molar-refractivity contribution is -0.789. The fourth-order valence-electron chi connectivity index (χ4n) is 2.74. The van der Waals surface area contributed by atoms with Crippen molar-refractivity contribution in [1.29, 1.82) is 0 Å². The van der Waals surface area contributed by atoms with E-state index >= 15 is 0 Å². The monoisotopic (exact) mass is 269 g/mol. The lowest BCUT2D eigenvalue weighted by Crippen LogP contribution is -2.50. The SMILES string of the molecule is C=CCC1=NC(CC=C)=C(CC=C)[N+]1(CC=C)CC=C. The highest BCUT2D eigenvalue weighted by atomic mass is 15.4. The molecule has 0 amide bonds. The minimum absolute atomic E-state index is 0.689. The van der Waals surface area contributed by atoms with E-state index in [1.807, 2.05) is 30.4 Å². The van der Waals surface area contributed by atoms with Crippen LogP contribution in [0, 0.1) is 0 Å². The van der Waals surface area contributed by atoms with Crippen molar-refractivity contribution in [3.05, 3.63) is 74.7 Å². The second kappa shape index (κ2) is 7.61. The van der Waals surface area contributed by atoms with Crippen LogP contribution in [0.2, 0.25) is 0 Å². The zero-order valence-corrected chi connectivity index (χ0v) is 12.4. The Bertz CT molecular complexity index is 468. The van der Waals surface area contributed by atoms with Crippen LogP contribution in [0.15, 0.2) is 79.7 Å². The van der Waals surface area contributed by atoms with E-state index in [9.17, 15) is 0 Å². The summed E-state index contributed by atoms with van der Waals surface area (Å²) in [6.07, 6.45) is 12.0. The van der Waals surface area contributed by atoms with Crippen LogP contribution in [-0.4, -0.2) is 23.4 Å². The maximum atomic E-state index is 4.84. The van der Waals surface area contributed by atoms with E-state index in [-0.39, 0.29) is 0 Å². The first-order chi connectivity index (χ1) is 9.69. The summed E-state index contributed by atoms with van der Waals surface area (Å²) in [6.45, 7) is 21.0. The van der Waals surface area contributed by atoms with Gasteiger partial charge in [0.2, 0.25) is 5.84 Å². The second-order valence-corrected chi connectivity index (χ2v) is 4.81. The van der Waals surface area contributed by atoms with Gasteiger partial charge in [-0.3, -0.25) is 0 Å². The van der Waals surface area contributed by atoms with Crippen LogP contribution >= 0.6 is 0 Å². The Kier molecular flexibility index (Phi) is 6.13. The van der Waals surface area contributed by atoms with Gasteiger partial charge in [-0.15, -0.1) is 19.7 Å². The predicted octanol–water partition coefficient (Wildman–Crippen LogP) is 4.53. The highest BCUT2D eigenvalue weighted by Crippen LogP contribution is 2.35. The number of nitrogens with zero attached hydrogens (tertiary/aromatic N) is 2. The molecule has 0 bridgehead atoms. The molecule has 20 heavy (non-hydrogen) atoms. The number of hydrogen-bond donors (Lipinski definition) is 0. The van der Waals surface area contributed by atoms with Gasteiger partial charge in [-0.2, -0.15) is 4.99 Å². The summed E-state index contributed by atoms with van der Waals surface area (Å²) in [4.78, 5) is 4.84. The average Bonchev–Trinajstić information content (AvgIpc) is 2.68. The van der Waals surface area contributed by atoms with E-state index in [1.165, 1.54) is 5.70 Å². The third-order valence-electron chi connectivity index (χ3n) is 3.49. The van der Waals surface area contributed by atoms with Crippen molar-refractivity contribution < 1.29 is 4.48 Å². The van der Waals surface area contributed by atoms with Crippen LogP contribution < -0.4 is 0 Å². The first-order valence-corrected chi connectivity index (χ1v) is 6.92. The Balaban J connectivity index is 3.40. The van der Waals surface area contributed by atoms with Crippen LogP contribution in [0.25, 0.3) is 0 Å².